The molecule has 1 aromatic carbocycles. The Hall–Kier alpha value is -1.96. The highest BCUT2D eigenvalue weighted by Crippen LogP contribution is 2.27. The minimum absolute atomic E-state index is 0.0159. The number of amides is 1. The molecule has 0 spiro atoms. The van der Waals surface area contributed by atoms with Crippen molar-refractivity contribution >= 4 is 33.0 Å². The Labute approximate surface area is 209 Å². The zero-order chi connectivity index (χ0) is 24.6. The maximum Gasteiger partial charge on any atom is 0.230 e. The summed E-state index contributed by atoms with van der Waals surface area (Å²) in [5.74, 6) is 0.567. The van der Waals surface area contributed by atoms with Crippen LogP contribution in [0.15, 0.2) is 41.4 Å². The standard InChI is InChI=1S/C26H36ClN3O3S/c1-3-14-30(18-20-8-6-5-7-9-20)19-21-10-11-23(15-25(21)27)29-26(31)16-22-12-13-24(17-28-22)34(32,33)4-2/h10-13,15,17,20H,3-9,14,16,18-19H2,1-2H3,(H,29,31). The number of pyridine rings is 1. The Bertz CT molecular complexity index is 1050. The maximum absolute atomic E-state index is 12.5. The third-order valence-corrected chi connectivity index (χ3v) is 8.46. The summed E-state index contributed by atoms with van der Waals surface area (Å²) in [5.41, 5.74) is 2.21. The lowest BCUT2D eigenvalue weighted by Gasteiger charge is -2.30. The van der Waals surface area contributed by atoms with Crippen molar-refractivity contribution in [3.05, 3.63) is 52.8 Å². The molecular weight excluding hydrogens is 470 g/mol. The van der Waals surface area contributed by atoms with Crippen LogP contribution in [-0.4, -0.2) is 43.1 Å². The van der Waals surface area contributed by atoms with Gasteiger partial charge in [-0.3, -0.25) is 14.7 Å². The molecule has 186 valence electrons. The van der Waals surface area contributed by atoms with Crippen LogP contribution in [0, 0.1) is 5.92 Å². The summed E-state index contributed by atoms with van der Waals surface area (Å²) in [4.78, 5) is 19.3. The molecule has 34 heavy (non-hydrogen) atoms. The molecule has 1 fully saturated rings. The predicted octanol–water partition coefficient (Wildman–Crippen LogP) is 5.50. The molecule has 1 amide bonds. The van der Waals surface area contributed by atoms with Crippen LogP contribution in [0.1, 0.15) is 63.6 Å². The van der Waals surface area contributed by atoms with Crippen LogP contribution in [0.2, 0.25) is 5.02 Å². The fourth-order valence-electron chi connectivity index (χ4n) is 4.52. The molecule has 2 aromatic rings. The first-order chi connectivity index (χ1) is 16.3. The Balaban J connectivity index is 1.57. The highest BCUT2D eigenvalue weighted by Gasteiger charge is 2.18. The second-order valence-electron chi connectivity index (χ2n) is 9.16. The normalized spacial score (nSPS) is 14.9. The van der Waals surface area contributed by atoms with Crippen molar-refractivity contribution in [2.75, 3.05) is 24.2 Å². The van der Waals surface area contributed by atoms with E-state index in [0.717, 1.165) is 37.5 Å². The third-order valence-electron chi connectivity index (χ3n) is 6.39. The number of hydrogen-bond donors (Lipinski definition) is 1. The van der Waals surface area contributed by atoms with Crippen LogP contribution >= 0.6 is 11.6 Å². The van der Waals surface area contributed by atoms with Crippen molar-refractivity contribution in [3.63, 3.8) is 0 Å². The first-order valence-electron chi connectivity index (χ1n) is 12.3. The number of hydrogen-bond acceptors (Lipinski definition) is 5. The molecular formula is C26H36ClN3O3S. The van der Waals surface area contributed by atoms with Gasteiger partial charge in [-0.1, -0.05) is 50.8 Å². The molecule has 6 nitrogen and oxygen atoms in total. The molecule has 0 radical (unpaired) electrons. The van der Waals surface area contributed by atoms with Gasteiger partial charge in [0, 0.05) is 35.7 Å². The summed E-state index contributed by atoms with van der Waals surface area (Å²) in [6, 6.07) is 8.74. The Kier molecular flexibility index (Phi) is 9.92. The first-order valence-corrected chi connectivity index (χ1v) is 14.3. The largest absolute Gasteiger partial charge is 0.326 e. The average molecular weight is 506 g/mol. The fraction of sp³-hybridized carbons (Fsp3) is 0.538. The minimum Gasteiger partial charge on any atom is -0.326 e. The van der Waals surface area contributed by atoms with Gasteiger partial charge in [-0.25, -0.2) is 8.42 Å². The van der Waals surface area contributed by atoms with Gasteiger partial charge in [0.15, 0.2) is 9.84 Å². The number of carbonyl (C=O) groups is 1. The molecule has 1 saturated carbocycles. The summed E-state index contributed by atoms with van der Waals surface area (Å²) in [6.07, 6.45) is 9.17. The van der Waals surface area contributed by atoms with E-state index in [-0.39, 0.29) is 23.0 Å². The Morgan fingerprint density at radius 1 is 1.15 bits per heavy atom. The van der Waals surface area contributed by atoms with Crippen LogP contribution in [0.5, 0.6) is 0 Å². The molecule has 0 atom stereocenters. The lowest BCUT2D eigenvalue weighted by molar-refractivity contribution is -0.115. The lowest BCUT2D eigenvalue weighted by Crippen LogP contribution is -2.31. The third kappa shape index (κ3) is 7.79. The van der Waals surface area contributed by atoms with Gasteiger partial charge >= 0.3 is 0 Å². The van der Waals surface area contributed by atoms with Gasteiger partial charge in [0.25, 0.3) is 0 Å². The van der Waals surface area contributed by atoms with E-state index in [1.807, 2.05) is 12.1 Å². The highest BCUT2D eigenvalue weighted by atomic mass is 35.5. The lowest BCUT2D eigenvalue weighted by atomic mass is 9.89. The zero-order valence-corrected chi connectivity index (χ0v) is 21.8. The smallest absolute Gasteiger partial charge is 0.230 e. The summed E-state index contributed by atoms with van der Waals surface area (Å²) in [5, 5.41) is 3.51. The molecule has 1 N–H and O–H groups in total. The SMILES string of the molecule is CCCN(Cc1ccc(NC(=O)Cc2ccc(S(=O)(=O)CC)cn2)cc1Cl)CC1CCCCC1. The molecule has 1 aromatic heterocycles. The van der Waals surface area contributed by atoms with Gasteiger partial charge in [0.2, 0.25) is 5.91 Å². The molecule has 0 unspecified atom stereocenters. The topological polar surface area (TPSA) is 79.4 Å². The molecule has 1 heterocycles. The molecule has 0 bridgehead atoms. The van der Waals surface area contributed by atoms with E-state index in [9.17, 15) is 13.2 Å². The van der Waals surface area contributed by atoms with E-state index in [1.54, 1.807) is 19.1 Å². The fourth-order valence-corrected chi connectivity index (χ4v) is 5.58. The van der Waals surface area contributed by atoms with Crippen LogP contribution in [0.25, 0.3) is 0 Å². The summed E-state index contributed by atoms with van der Waals surface area (Å²) in [6.45, 7) is 6.78. The van der Waals surface area contributed by atoms with Crippen LogP contribution in [-0.2, 0) is 27.6 Å². The van der Waals surface area contributed by atoms with Gasteiger partial charge in [-0.05, 0) is 61.6 Å². The highest BCUT2D eigenvalue weighted by molar-refractivity contribution is 7.91. The van der Waals surface area contributed by atoms with E-state index >= 15 is 0 Å². The van der Waals surface area contributed by atoms with Crippen LogP contribution in [0.4, 0.5) is 5.69 Å². The summed E-state index contributed by atoms with van der Waals surface area (Å²) in [7, 11) is -3.30. The number of nitrogens with one attached hydrogen (secondary N) is 1. The number of aromatic nitrogens is 1. The maximum atomic E-state index is 12.5. The number of nitrogens with zero attached hydrogens (tertiary/aromatic N) is 2. The number of sulfone groups is 1. The van der Waals surface area contributed by atoms with Gasteiger partial charge in [-0.2, -0.15) is 0 Å². The van der Waals surface area contributed by atoms with Gasteiger partial charge in [0.1, 0.15) is 0 Å². The van der Waals surface area contributed by atoms with Crippen LogP contribution in [0.3, 0.4) is 0 Å². The number of benzene rings is 1. The number of anilines is 1. The first kappa shape index (κ1) is 26.6. The van der Waals surface area contributed by atoms with E-state index in [1.165, 1.54) is 44.4 Å². The number of halogens is 1. The van der Waals surface area contributed by atoms with E-state index in [4.69, 9.17) is 11.6 Å². The summed E-state index contributed by atoms with van der Waals surface area (Å²) < 4.78 is 23.8. The minimum atomic E-state index is -3.30. The van der Waals surface area contributed by atoms with Crippen molar-refractivity contribution in [2.24, 2.45) is 5.92 Å². The molecule has 3 rings (SSSR count). The zero-order valence-electron chi connectivity index (χ0n) is 20.2. The molecule has 8 heteroatoms. The van der Waals surface area contributed by atoms with Crippen molar-refractivity contribution in [1.29, 1.82) is 0 Å². The molecule has 0 saturated heterocycles. The van der Waals surface area contributed by atoms with Crippen molar-refractivity contribution < 1.29 is 13.2 Å². The Morgan fingerprint density at radius 3 is 2.53 bits per heavy atom. The quantitative estimate of drug-likeness (QED) is 0.436. The van der Waals surface area contributed by atoms with Crippen molar-refractivity contribution in [3.8, 4) is 0 Å². The van der Waals surface area contributed by atoms with E-state index < -0.39 is 9.84 Å². The van der Waals surface area contributed by atoms with E-state index in [0.29, 0.717) is 16.4 Å². The second-order valence-corrected chi connectivity index (χ2v) is 11.8. The Morgan fingerprint density at radius 2 is 1.91 bits per heavy atom. The van der Waals surface area contributed by atoms with Gasteiger partial charge in [-0.15, -0.1) is 0 Å². The van der Waals surface area contributed by atoms with Crippen molar-refractivity contribution in [2.45, 2.75) is 70.2 Å². The second kappa shape index (κ2) is 12.7. The predicted molar refractivity (Wildman–Crippen MR) is 138 cm³/mol. The van der Waals surface area contributed by atoms with Gasteiger partial charge in [0.05, 0.1) is 17.1 Å². The van der Waals surface area contributed by atoms with Gasteiger partial charge < -0.3 is 5.32 Å². The number of rotatable bonds is 11. The monoisotopic (exact) mass is 505 g/mol. The molecule has 0 aliphatic heterocycles. The number of carbonyl (C=O) groups excluding carboxylic acids is 1. The molecule has 1 aliphatic carbocycles. The summed E-state index contributed by atoms with van der Waals surface area (Å²) >= 11 is 6.59. The van der Waals surface area contributed by atoms with Crippen LogP contribution < -0.4 is 5.32 Å². The molecule has 1 aliphatic rings. The van der Waals surface area contributed by atoms with Crippen molar-refractivity contribution in [1.82, 2.24) is 9.88 Å². The average Bonchev–Trinajstić information content (AvgIpc) is 2.82. The van der Waals surface area contributed by atoms with E-state index in [2.05, 4.69) is 22.1 Å².